The lowest BCUT2D eigenvalue weighted by atomic mass is 9.88. The van der Waals surface area contributed by atoms with E-state index in [1.54, 1.807) is 0 Å². The molecule has 4 nitrogen and oxygen atoms in total. The van der Waals surface area contributed by atoms with Crippen molar-refractivity contribution in [2.24, 2.45) is 0 Å². The summed E-state index contributed by atoms with van der Waals surface area (Å²) in [7, 11) is 0. The van der Waals surface area contributed by atoms with Crippen LogP contribution in [0.15, 0.2) is 0 Å². The van der Waals surface area contributed by atoms with Crippen LogP contribution in [-0.4, -0.2) is 37.6 Å². The van der Waals surface area contributed by atoms with E-state index in [4.69, 9.17) is 0 Å². The molecule has 0 aromatic rings. The predicted octanol–water partition coefficient (Wildman–Crippen LogP) is -1.17. The van der Waals surface area contributed by atoms with Gasteiger partial charge in [0.25, 0.3) is 0 Å². The first-order chi connectivity index (χ1) is 5.81. The van der Waals surface area contributed by atoms with Gasteiger partial charge in [0.15, 0.2) is 0 Å². The molecule has 2 fully saturated rings. The first-order valence-electron chi connectivity index (χ1n) is 4.53. The summed E-state index contributed by atoms with van der Waals surface area (Å²) in [5, 5.41) is 9.56. The van der Waals surface area contributed by atoms with Gasteiger partial charge in [-0.3, -0.25) is 10.1 Å². The van der Waals surface area contributed by atoms with E-state index in [0.29, 0.717) is 6.54 Å². The van der Waals surface area contributed by atoms with Gasteiger partial charge >= 0.3 is 0 Å². The molecule has 2 aliphatic rings. The Labute approximate surface area is 72.1 Å². The number of nitrogens with one attached hydrogen (secondary N) is 3. The van der Waals surface area contributed by atoms with Gasteiger partial charge < -0.3 is 10.6 Å². The van der Waals surface area contributed by atoms with E-state index >= 15 is 0 Å². The molecule has 0 aromatic carbocycles. The summed E-state index contributed by atoms with van der Waals surface area (Å²) in [6.45, 7) is 3.34. The number of piperidine rings is 1. The van der Waals surface area contributed by atoms with Crippen LogP contribution in [-0.2, 0) is 4.79 Å². The molecule has 2 rings (SSSR count). The van der Waals surface area contributed by atoms with Crippen molar-refractivity contribution in [3.8, 4) is 0 Å². The first-order valence-corrected chi connectivity index (χ1v) is 4.53. The monoisotopic (exact) mass is 169 g/mol. The molecule has 68 valence electrons. The summed E-state index contributed by atoms with van der Waals surface area (Å²) in [4.78, 5) is 10.9. The number of piperazine rings is 1. The molecule has 12 heavy (non-hydrogen) atoms. The van der Waals surface area contributed by atoms with E-state index < -0.39 is 0 Å². The van der Waals surface area contributed by atoms with Crippen LogP contribution in [0.25, 0.3) is 0 Å². The van der Waals surface area contributed by atoms with Crippen LogP contribution < -0.4 is 16.0 Å². The molecule has 3 N–H and O–H groups in total. The third-order valence-electron chi connectivity index (χ3n) is 2.72. The molecule has 1 unspecified atom stereocenters. The van der Waals surface area contributed by atoms with Gasteiger partial charge in [0.2, 0.25) is 5.91 Å². The van der Waals surface area contributed by atoms with Crippen LogP contribution in [0.2, 0.25) is 0 Å². The zero-order valence-electron chi connectivity index (χ0n) is 7.15. The fourth-order valence-electron chi connectivity index (χ4n) is 1.93. The minimum atomic E-state index is 0.117. The Kier molecular flexibility index (Phi) is 2.02. The molecule has 2 saturated heterocycles. The summed E-state index contributed by atoms with van der Waals surface area (Å²) in [5.74, 6) is 0.117. The van der Waals surface area contributed by atoms with Crippen molar-refractivity contribution in [2.75, 3.05) is 26.2 Å². The lowest BCUT2D eigenvalue weighted by Crippen LogP contribution is -2.66. The molecule has 0 bridgehead atoms. The normalized spacial score (nSPS) is 36.5. The molecule has 1 spiro atoms. The van der Waals surface area contributed by atoms with E-state index in [9.17, 15) is 4.79 Å². The molecule has 2 aliphatic heterocycles. The smallest absolute Gasteiger partial charge is 0.234 e. The number of amides is 1. The van der Waals surface area contributed by atoms with Gasteiger partial charge in [-0.25, -0.2) is 0 Å². The molecule has 1 amide bonds. The maximum absolute atomic E-state index is 10.9. The molecule has 1 atom stereocenters. The number of rotatable bonds is 0. The highest BCUT2D eigenvalue weighted by Gasteiger charge is 2.34. The maximum Gasteiger partial charge on any atom is 0.234 e. The summed E-state index contributed by atoms with van der Waals surface area (Å²) in [6.07, 6.45) is 2.36. The van der Waals surface area contributed by atoms with E-state index in [1.807, 2.05) is 0 Å². The number of carbonyl (C=O) groups is 1. The summed E-state index contributed by atoms with van der Waals surface area (Å²) in [5.41, 5.74) is 0.145. The van der Waals surface area contributed by atoms with Gasteiger partial charge in [0.05, 0.1) is 6.54 Å². The summed E-state index contributed by atoms with van der Waals surface area (Å²) in [6, 6.07) is 0. The molecular formula is C8H15N3O. The zero-order chi connectivity index (χ0) is 8.44. The topological polar surface area (TPSA) is 53.2 Å². The number of hydrogen-bond donors (Lipinski definition) is 3. The van der Waals surface area contributed by atoms with Crippen molar-refractivity contribution in [3.05, 3.63) is 0 Å². The van der Waals surface area contributed by atoms with Crippen LogP contribution in [0.3, 0.4) is 0 Å². The van der Waals surface area contributed by atoms with Gasteiger partial charge in [-0.05, 0) is 19.4 Å². The molecule has 4 heteroatoms. The van der Waals surface area contributed by atoms with Crippen molar-refractivity contribution in [1.29, 1.82) is 0 Å². The highest BCUT2D eigenvalue weighted by molar-refractivity contribution is 5.79. The molecule has 0 aliphatic carbocycles. The van der Waals surface area contributed by atoms with Crippen LogP contribution >= 0.6 is 0 Å². The Morgan fingerprint density at radius 3 is 2.83 bits per heavy atom. The van der Waals surface area contributed by atoms with Crippen molar-refractivity contribution >= 4 is 5.91 Å². The molecular weight excluding hydrogens is 154 g/mol. The fraction of sp³-hybridized carbons (Fsp3) is 0.875. The third-order valence-corrected chi connectivity index (χ3v) is 2.72. The first kappa shape index (κ1) is 8.01. The average molecular weight is 169 g/mol. The molecule has 0 aromatic heterocycles. The average Bonchev–Trinajstić information content (AvgIpc) is 2.13. The lowest BCUT2D eigenvalue weighted by molar-refractivity contribution is -0.122. The van der Waals surface area contributed by atoms with Crippen molar-refractivity contribution in [3.63, 3.8) is 0 Å². The molecule has 0 saturated carbocycles. The minimum absolute atomic E-state index is 0.117. The Balaban J connectivity index is 1.96. The van der Waals surface area contributed by atoms with Gasteiger partial charge in [0.1, 0.15) is 0 Å². The minimum Gasteiger partial charge on any atom is -0.353 e. The van der Waals surface area contributed by atoms with E-state index in [-0.39, 0.29) is 11.4 Å². The van der Waals surface area contributed by atoms with E-state index in [0.717, 1.165) is 19.6 Å². The second-order valence-electron chi connectivity index (χ2n) is 3.69. The van der Waals surface area contributed by atoms with E-state index in [1.165, 1.54) is 12.8 Å². The highest BCUT2D eigenvalue weighted by atomic mass is 16.2. The fourth-order valence-corrected chi connectivity index (χ4v) is 1.93. The zero-order valence-corrected chi connectivity index (χ0v) is 7.15. The number of hydrogen-bond acceptors (Lipinski definition) is 3. The Bertz CT molecular complexity index is 175. The quantitative estimate of drug-likeness (QED) is 0.428. The Morgan fingerprint density at radius 2 is 2.25 bits per heavy atom. The Morgan fingerprint density at radius 1 is 1.33 bits per heavy atom. The summed E-state index contributed by atoms with van der Waals surface area (Å²) < 4.78 is 0. The molecule has 0 radical (unpaired) electrons. The third kappa shape index (κ3) is 1.44. The number of carbonyl (C=O) groups excluding carboxylic acids is 1. The second kappa shape index (κ2) is 3.03. The Hall–Kier alpha value is -0.610. The largest absolute Gasteiger partial charge is 0.353 e. The van der Waals surface area contributed by atoms with Gasteiger partial charge in [-0.2, -0.15) is 0 Å². The maximum atomic E-state index is 10.9. The van der Waals surface area contributed by atoms with Crippen molar-refractivity contribution in [2.45, 2.75) is 18.4 Å². The van der Waals surface area contributed by atoms with Crippen LogP contribution in [0, 0.1) is 0 Å². The SMILES string of the molecule is O=C1CNC2(CCCNC2)CN1. The van der Waals surface area contributed by atoms with Crippen LogP contribution in [0.4, 0.5) is 0 Å². The molecule has 2 heterocycles. The lowest BCUT2D eigenvalue weighted by Gasteiger charge is -2.41. The standard InChI is InChI=1S/C8H15N3O/c12-7-4-11-8(6-10-7)2-1-3-9-5-8/h9,11H,1-6H2,(H,10,12). The van der Waals surface area contributed by atoms with Crippen LogP contribution in [0.5, 0.6) is 0 Å². The van der Waals surface area contributed by atoms with Gasteiger partial charge in [-0.1, -0.05) is 0 Å². The second-order valence-corrected chi connectivity index (χ2v) is 3.69. The van der Waals surface area contributed by atoms with Crippen molar-refractivity contribution < 1.29 is 4.79 Å². The summed E-state index contributed by atoms with van der Waals surface area (Å²) >= 11 is 0. The van der Waals surface area contributed by atoms with Crippen LogP contribution in [0.1, 0.15) is 12.8 Å². The predicted molar refractivity (Wildman–Crippen MR) is 45.8 cm³/mol. The van der Waals surface area contributed by atoms with Crippen molar-refractivity contribution in [1.82, 2.24) is 16.0 Å². The van der Waals surface area contributed by atoms with Gasteiger partial charge in [0, 0.05) is 18.6 Å². The van der Waals surface area contributed by atoms with Gasteiger partial charge in [-0.15, -0.1) is 0 Å². The highest BCUT2D eigenvalue weighted by Crippen LogP contribution is 2.16. The van der Waals surface area contributed by atoms with E-state index in [2.05, 4.69) is 16.0 Å².